The highest BCUT2D eigenvalue weighted by Gasteiger charge is 2.10. The van der Waals surface area contributed by atoms with Gasteiger partial charge in [-0.2, -0.15) is 5.10 Å². The molecule has 2 rings (SSSR count). The minimum Gasteiger partial charge on any atom is -0.357 e. The number of hydrogen-bond acceptors (Lipinski definition) is 2. The van der Waals surface area contributed by atoms with E-state index in [0.29, 0.717) is 12.5 Å². The van der Waals surface area contributed by atoms with Gasteiger partial charge < -0.3 is 10.6 Å². The Bertz CT molecular complexity index is 736. The van der Waals surface area contributed by atoms with Gasteiger partial charge in [0.05, 0.1) is 12.2 Å². The van der Waals surface area contributed by atoms with E-state index in [1.54, 1.807) is 0 Å². The fourth-order valence-electron chi connectivity index (χ4n) is 2.89. The Balaban J connectivity index is 0.00000338. The number of aliphatic imine (C=N–C) groups is 1. The van der Waals surface area contributed by atoms with Crippen LogP contribution in [0.2, 0.25) is 0 Å². The molecule has 6 heteroatoms. The number of nitrogens with one attached hydrogen (secondary N) is 2. The zero-order valence-electron chi connectivity index (χ0n) is 16.8. The molecule has 2 N–H and O–H groups in total. The summed E-state index contributed by atoms with van der Waals surface area (Å²) in [6.45, 7) is 12.9. The lowest BCUT2D eigenvalue weighted by molar-refractivity contribution is 0.699. The van der Waals surface area contributed by atoms with Gasteiger partial charge in [-0.05, 0) is 39.2 Å². The molecule has 1 aromatic carbocycles. The van der Waals surface area contributed by atoms with E-state index in [2.05, 4.69) is 67.7 Å². The molecular formula is C20H32IN5. The van der Waals surface area contributed by atoms with Crippen LogP contribution in [0.5, 0.6) is 0 Å². The van der Waals surface area contributed by atoms with Gasteiger partial charge in [-0.1, -0.05) is 36.8 Å². The van der Waals surface area contributed by atoms with Gasteiger partial charge in [0.2, 0.25) is 0 Å². The van der Waals surface area contributed by atoms with Crippen LogP contribution in [0.15, 0.2) is 29.3 Å². The minimum absolute atomic E-state index is 0. The monoisotopic (exact) mass is 469 g/mol. The van der Waals surface area contributed by atoms with Crippen LogP contribution in [-0.2, 0) is 13.6 Å². The van der Waals surface area contributed by atoms with Gasteiger partial charge >= 0.3 is 0 Å². The summed E-state index contributed by atoms with van der Waals surface area (Å²) in [7, 11) is 1.97. The standard InChI is InChI=1S/C20H31N5.HI/c1-7-21-20(23-13-19-16(4)24-25(6)17(19)5)22-12-15(3)18-10-8-9-14(2)11-18;/h8-11,15H,7,12-13H2,1-6H3,(H2,21,22,23);1H. The predicted molar refractivity (Wildman–Crippen MR) is 121 cm³/mol. The summed E-state index contributed by atoms with van der Waals surface area (Å²) in [5, 5.41) is 11.3. The average Bonchev–Trinajstić information content (AvgIpc) is 2.82. The van der Waals surface area contributed by atoms with Crippen LogP contribution < -0.4 is 10.6 Å². The molecule has 0 aliphatic heterocycles. The number of aromatic nitrogens is 2. The summed E-state index contributed by atoms with van der Waals surface area (Å²) < 4.78 is 1.92. The molecular weight excluding hydrogens is 437 g/mol. The van der Waals surface area contributed by atoms with Crippen molar-refractivity contribution >= 4 is 29.9 Å². The van der Waals surface area contributed by atoms with Crippen molar-refractivity contribution in [1.29, 1.82) is 0 Å². The molecule has 2 aromatic rings. The lowest BCUT2D eigenvalue weighted by atomic mass is 9.99. The molecule has 26 heavy (non-hydrogen) atoms. The summed E-state index contributed by atoms with van der Waals surface area (Å²) in [6, 6.07) is 8.69. The topological polar surface area (TPSA) is 54.2 Å². The van der Waals surface area contributed by atoms with Crippen LogP contribution in [0.25, 0.3) is 0 Å². The van der Waals surface area contributed by atoms with Crippen molar-refractivity contribution < 1.29 is 0 Å². The van der Waals surface area contributed by atoms with Crippen LogP contribution in [0.4, 0.5) is 0 Å². The summed E-state index contributed by atoms with van der Waals surface area (Å²) in [4.78, 5) is 4.74. The van der Waals surface area contributed by atoms with Crippen molar-refractivity contribution in [2.24, 2.45) is 12.0 Å². The molecule has 1 aromatic heterocycles. The van der Waals surface area contributed by atoms with E-state index in [1.165, 1.54) is 22.4 Å². The van der Waals surface area contributed by atoms with E-state index < -0.39 is 0 Å². The normalized spacial score (nSPS) is 12.5. The number of nitrogens with zero attached hydrogens (tertiary/aromatic N) is 3. The molecule has 0 aliphatic rings. The smallest absolute Gasteiger partial charge is 0.191 e. The van der Waals surface area contributed by atoms with E-state index in [-0.39, 0.29) is 24.0 Å². The molecule has 0 saturated heterocycles. The predicted octanol–water partition coefficient (Wildman–Crippen LogP) is 3.82. The maximum Gasteiger partial charge on any atom is 0.191 e. The van der Waals surface area contributed by atoms with Crippen molar-refractivity contribution in [3.05, 3.63) is 52.3 Å². The summed E-state index contributed by atoms with van der Waals surface area (Å²) >= 11 is 0. The summed E-state index contributed by atoms with van der Waals surface area (Å²) in [6.07, 6.45) is 0. The van der Waals surface area contributed by atoms with E-state index in [0.717, 1.165) is 24.7 Å². The van der Waals surface area contributed by atoms with Crippen molar-refractivity contribution in [2.75, 3.05) is 13.1 Å². The second kappa shape index (κ2) is 10.5. The Morgan fingerprint density at radius 3 is 2.54 bits per heavy atom. The largest absolute Gasteiger partial charge is 0.357 e. The van der Waals surface area contributed by atoms with Crippen LogP contribution in [0, 0.1) is 20.8 Å². The first-order valence-corrected chi connectivity index (χ1v) is 9.00. The molecule has 0 radical (unpaired) electrons. The molecule has 0 bridgehead atoms. The molecule has 1 atom stereocenters. The average molecular weight is 469 g/mol. The third-order valence-corrected chi connectivity index (χ3v) is 4.59. The summed E-state index contributed by atoms with van der Waals surface area (Å²) in [5.74, 6) is 1.27. The Kier molecular flexibility index (Phi) is 9.12. The maximum atomic E-state index is 4.74. The first-order valence-electron chi connectivity index (χ1n) is 9.00. The van der Waals surface area contributed by atoms with Crippen molar-refractivity contribution in [1.82, 2.24) is 20.4 Å². The van der Waals surface area contributed by atoms with Gasteiger partial charge in [0.1, 0.15) is 0 Å². The Labute approximate surface area is 174 Å². The molecule has 0 saturated carbocycles. The fourth-order valence-corrected chi connectivity index (χ4v) is 2.89. The lowest BCUT2D eigenvalue weighted by Crippen LogP contribution is -2.39. The van der Waals surface area contributed by atoms with E-state index in [1.807, 2.05) is 18.7 Å². The second-order valence-corrected chi connectivity index (χ2v) is 6.66. The van der Waals surface area contributed by atoms with Gasteiger partial charge in [-0.3, -0.25) is 4.68 Å². The van der Waals surface area contributed by atoms with Crippen molar-refractivity contribution in [3.63, 3.8) is 0 Å². The van der Waals surface area contributed by atoms with Crippen LogP contribution >= 0.6 is 24.0 Å². The number of rotatable bonds is 6. The van der Waals surface area contributed by atoms with Crippen molar-refractivity contribution in [3.8, 4) is 0 Å². The van der Waals surface area contributed by atoms with Gasteiger partial charge in [0.25, 0.3) is 0 Å². The number of aryl methyl sites for hydroxylation is 3. The van der Waals surface area contributed by atoms with Crippen LogP contribution in [-0.4, -0.2) is 28.8 Å². The Hall–Kier alpha value is -1.57. The highest BCUT2D eigenvalue weighted by atomic mass is 127. The van der Waals surface area contributed by atoms with Gasteiger partial charge in [-0.25, -0.2) is 4.99 Å². The lowest BCUT2D eigenvalue weighted by Gasteiger charge is -2.16. The van der Waals surface area contributed by atoms with Crippen LogP contribution in [0.1, 0.15) is 47.8 Å². The first kappa shape index (κ1) is 22.5. The van der Waals surface area contributed by atoms with Gasteiger partial charge in [-0.15, -0.1) is 24.0 Å². The van der Waals surface area contributed by atoms with E-state index in [4.69, 9.17) is 4.99 Å². The maximum absolute atomic E-state index is 4.74. The molecule has 1 heterocycles. The Morgan fingerprint density at radius 2 is 1.96 bits per heavy atom. The van der Waals surface area contributed by atoms with Crippen molar-refractivity contribution in [2.45, 2.75) is 47.1 Å². The highest BCUT2D eigenvalue weighted by Crippen LogP contribution is 2.16. The van der Waals surface area contributed by atoms with Gasteiger partial charge in [0, 0.05) is 31.4 Å². The third-order valence-electron chi connectivity index (χ3n) is 4.59. The molecule has 0 amide bonds. The molecule has 0 aliphatic carbocycles. The van der Waals surface area contributed by atoms with E-state index >= 15 is 0 Å². The second-order valence-electron chi connectivity index (χ2n) is 6.66. The van der Waals surface area contributed by atoms with Gasteiger partial charge in [0.15, 0.2) is 5.96 Å². The number of halogens is 1. The summed E-state index contributed by atoms with van der Waals surface area (Å²) in [5.41, 5.74) is 6.07. The molecule has 5 nitrogen and oxygen atoms in total. The zero-order valence-corrected chi connectivity index (χ0v) is 19.1. The number of benzene rings is 1. The highest BCUT2D eigenvalue weighted by molar-refractivity contribution is 14.0. The SMILES string of the molecule is CCNC(=NCc1c(C)nn(C)c1C)NCC(C)c1cccc(C)c1.I. The van der Waals surface area contributed by atoms with E-state index in [9.17, 15) is 0 Å². The number of hydrogen-bond donors (Lipinski definition) is 2. The first-order chi connectivity index (χ1) is 11.9. The molecule has 144 valence electrons. The molecule has 0 spiro atoms. The van der Waals surface area contributed by atoms with Crippen LogP contribution in [0.3, 0.4) is 0 Å². The Morgan fingerprint density at radius 1 is 1.23 bits per heavy atom. The zero-order chi connectivity index (χ0) is 18.4. The fraction of sp³-hybridized carbons (Fsp3) is 0.500. The third kappa shape index (κ3) is 6.00. The number of guanidine groups is 1. The minimum atomic E-state index is 0. The quantitative estimate of drug-likeness (QED) is 0.384. The molecule has 1 unspecified atom stereocenters. The molecule has 0 fully saturated rings.